The molecule has 0 spiro atoms. The van der Waals surface area contributed by atoms with E-state index in [1.165, 1.54) is 5.56 Å². The molecule has 0 aliphatic carbocycles. The fraction of sp³-hybridized carbons (Fsp3) is 0.333. The molecule has 0 bridgehead atoms. The van der Waals surface area contributed by atoms with Crippen LogP contribution in [0.3, 0.4) is 0 Å². The van der Waals surface area contributed by atoms with Gasteiger partial charge in [0.2, 0.25) is 5.95 Å². The zero-order chi connectivity index (χ0) is 15.1. The summed E-state index contributed by atoms with van der Waals surface area (Å²) in [6.07, 6.45) is 1.94. The molecule has 0 saturated heterocycles. The van der Waals surface area contributed by atoms with Crippen molar-refractivity contribution < 1.29 is 0 Å². The standard InChI is InChI=1S/C15H18BrN5/c1-4-5-11-13-14(20(3)19-11)21(15(17)18-13)12-7-6-9(2)8-10(12)16/h6-8H,4-5H2,1-3H3,(H2,17,18). The van der Waals surface area contributed by atoms with Gasteiger partial charge in [0.15, 0.2) is 5.65 Å². The molecule has 0 amide bonds. The molecule has 3 aromatic rings. The first-order valence-corrected chi connectivity index (χ1v) is 7.78. The number of halogens is 1. The largest absolute Gasteiger partial charge is 0.369 e. The van der Waals surface area contributed by atoms with E-state index in [1.54, 1.807) is 0 Å². The van der Waals surface area contributed by atoms with Crippen molar-refractivity contribution in [3.8, 4) is 5.69 Å². The second kappa shape index (κ2) is 5.18. The molecule has 6 heteroatoms. The first kappa shape index (κ1) is 14.1. The van der Waals surface area contributed by atoms with Crippen molar-refractivity contribution in [1.82, 2.24) is 19.3 Å². The summed E-state index contributed by atoms with van der Waals surface area (Å²) in [7, 11) is 1.93. The smallest absolute Gasteiger partial charge is 0.207 e. The molecule has 2 aromatic heterocycles. The van der Waals surface area contributed by atoms with Gasteiger partial charge >= 0.3 is 0 Å². The van der Waals surface area contributed by atoms with Gasteiger partial charge < -0.3 is 5.73 Å². The van der Waals surface area contributed by atoms with E-state index in [2.05, 4.69) is 52.0 Å². The van der Waals surface area contributed by atoms with Crippen molar-refractivity contribution in [3.05, 3.63) is 33.9 Å². The first-order valence-electron chi connectivity index (χ1n) is 6.99. The van der Waals surface area contributed by atoms with Crippen LogP contribution in [0.2, 0.25) is 0 Å². The number of aromatic nitrogens is 4. The lowest BCUT2D eigenvalue weighted by Gasteiger charge is -2.09. The highest BCUT2D eigenvalue weighted by atomic mass is 79.9. The highest BCUT2D eigenvalue weighted by Crippen LogP contribution is 2.30. The number of rotatable bonds is 3. The minimum Gasteiger partial charge on any atom is -0.369 e. The van der Waals surface area contributed by atoms with Gasteiger partial charge in [-0.2, -0.15) is 5.10 Å². The van der Waals surface area contributed by atoms with Gasteiger partial charge in [0.1, 0.15) is 5.52 Å². The third-order valence-electron chi connectivity index (χ3n) is 3.56. The molecule has 2 heterocycles. The predicted molar refractivity (Wildman–Crippen MR) is 88.7 cm³/mol. The molecule has 0 unspecified atom stereocenters. The summed E-state index contributed by atoms with van der Waals surface area (Å²) in [4.78, 5) is 4.53. The summed E-state index contributed by atoms with van der Waals surface area (Å²) < 4.78 is 4.80. The highest BCUT2D eigenvalue weighted by molar-refractivity contribution is 9.10. The SMILES string of the molecule is CCCc1nn(C)c2c1nc(N)n2-c1ccc(C)cc1Br. The molecule has 0 aliphatic heterocycles. The Hall–Kier alpha value is -1.82. The number of hydrogen-bond donors (Lipinski definition) is 1. The Kier molecular flexibility index (Phi) is 3.49. The minimum absolute atomic E-state index is 0.486. The van der Waals surface area contributed by atoms with Gasteiger partial charge in [-0.05, 0) is 47.0 Å². The summed E-state index contributed by atoms with van der Waals surface area (Å²) in [6, 6.07) is 6.18. The molecule has 0 aliphatic rings. The Labute approximate surface area is 131 Å². The third kappa shape index (κ3) is 2.23. The molecule has 3 rings (SSSR count). The van der Waals surface area contributed by atoms with Gasteiger partial charge in [-0.25, -0.2) is 9.67 Å². The van der Waals surface area contributed by atoms with Crippen molar-refractivity contribution in [1.29, 1.82) is 0 Å². The second-order valence-electron chi connectivity index (χ2n) is 5.25. The maximum atomic E-state index is 6.16. The van der Waals surface area contributed by atoms with Crippen LogP contribution in [0.5, 0.6) is 0 Å². The molecule has 0 fully saturated rings. The lowest BCUT2D eigenvalue weighted by Crippen LogP contribution is -2.05. The van der Waals surface area contributed by atoms with Crippen LogP contribution in [0, 0.1) is 6.92 Å². The fourth-order valence-electron chi connectivity index (χ4n) is 2.63. The summed E-state index contributed by atoms with van der Waals surface area (Å²) in [5.41, 5.74) is 11.2. The Balaban J connectivity index is 2.30. The zero-order valence-electron chi connectivity index (χ0n) is 12.4. The van der Waals surface area contributed by atoms with Gasteiger partial charge in [0.25, 0.3) is 0 Å². The fourth-order valence-corrected chi connectivity index (χ4v) is 3.30. The summed E-state index contributed by atoms with van der Waals surface area (Å²) in [6.45, 7) is 4.20. The van der Waals surface area contributed by atoms with Crippen molar-refractivity contribution in [2.24, 2.45) is 7.05 Å². The number of hydrogen-bond acceptors (Lipinski definition) is 3. The van der Waals surface area contributed by atoms with E-state index in [1.807, 2.05) is 22.4 Å². The molecule has 0 radical (unpaired) electrons. The first-order chi connectivity index (χ1) is 10.0. The number of anilines is 1. The molecule has 2 N–H and O–H groups in total. The maximum absolute atomic E-state index is 6.16. The molecular weight excluding hydrogens is 330 g/mol. The van der Waals surface area contributed by atoms with E-state index < -0.39 is 0 Å². The zero-order valence-corrected chi connectivity index (χ0v) is 14.0. The third-order valence-corrected chi connectivity index (χ3v) is 4.20. The van der Waals surface area contributed by atoms with E-state index >= 15 is 0 Å². The van der Waals surface area contributed by atoms with E-state index in [4.69, 9.17) is 5.73 Å². The van der Waals surface area contributed by atoms with Crippen molar-refractivity contribution >= 4 is 33.0 Å². The second-order valence-corrected chi connectivity index (χ2v) is 6.11. The molecule has 0 saturated carbocycles. The Morgan fingerprint density at radius 2 is 2.10 bits per heavy atom. The minimum atomic E-state index is 0.486. The highest BCUT2D eigenvalue weighted by Gasteiger charge is 2.19. The van der Waals surface area contributed by atoms with Gasteiger partial charge in [-0.1, -0.05) is 19.4 Å². The van der Waals surface area contributed by atoms with Crippen LogP contribution in [-0.2, 0) is 13.5 Å². The lowest BCUT2D eigenvalue weighted by atomic mass is 10.2. The van der Waals surface area contributed by atoms with Crippen molar-refractivity contribution in [2.75, 3.05) is 5.73 Å². The predicted octanol–water partition coefficient (Wildman–Crippen LogP) is 3.36. The summed E-state index contributed by atoms with van der Waals surface area (Å²) in [5, 5.41) is 4.58. The van der Waals surface area contributed by atoms with E-state index in [-0.39, 0.29) is 0 Å². The lowest BCUT2D eigenvalue weighted by molar-refractivity contribution is 0.737. The number of nitrogens with two attached hydrogens (primary N) is 1. The van der Waals surface area contributed by atoms with Crippen LogP contribution in [0.4, 0.5) is 5.95 Å². The molecule has 5 nitrogen and oxygen atoms in total. The number of fused-ring (bicyclic) bond motifs is 1. The van der Waals surface area contributed by atoms with Gasteiger partial charge in [-0.3, -0.25) is 4.57 Å². The molecule has 0 atom stereocenters. The van der Waals surface area contributed by atoms with Gasteiger partial charge in [0.05, 0.1) is 11.4 Å². The monoisotopic (exact) mass is 347 g/mol. The molecule has 1 aromatic carbocycles. The average Bonchev–Trinajstić information content (AvgIpc) is 2.89. The van der Waals surface area contributed by atoms with Crippen molar-refractivity contribution in [3.63, 3.8) is 0 Å². The van der Waals surface area contributed by atoms with Gasteiger partial charge in [0, 0.05) is 11.5 Å². The number of nitrogens with zero attached hydrogens (tertiary/aromatic N) is 4. The van der Waals surface area contributed by atoms with Crippen LogP contribution < -0.4 is 5.73 Å². The van der Waals surface area contributed by atoms with Crippen LogP contribution in [-0.4, -0.2) is 19.3 Å². The average molecular weight is 348 g/mol. The molecular formula is C15H18BrN5. The Bertz CT molecular complexity index is 815. The number of imidazole rings is 1. The van der Waals surface area contributed by atoms with Gasteiger partial charge in [-0.15, -0.1) is 0 Å². The van der Waals surface area contributed by atoms with Crippen molar-refractivity contribution in [2.45, 2.75) is 26.7 Å². The Morgan fingerprint density at radius 3 is 2.76 bits per heavy atom. The van der Waals surface area contributed by atoms with E-state index in [0.717, 1.165) is 39.9 Å². The summed E-state index contributed by atoms with van der Waals surface area (Å²) in [5.74, 6) is 0.486. The normalized spacial score (nSPS) is 11.4. The van der Waals surface area contributed by atoms with E-state index in [9.17, 15) is 0 Å². The topological polar surface area (TPSA) is 61.7 Å². The van der Waals surface area contributed by atoms with Crippen LogP contribution >= 0.6 is 15.9 Å². The molecule has 110 valence electrons. The number of aryl methyl sites for hydroxylation is 3. The van der Waals surface area contributed by atoms with Crippen LogP contribution in [0.1, 0.15) is 24.6 Å². The number of benzene rings is 1. The van der Waals surface area contributed by atoms with Crippen LogP contribution in [0.25, 0.3) is 16.9 Å². The maximum Gasteiger partial charge on any atom is 0.207 e. The van der Waals surface area contributed by atoms with Crippen LogP contribution in [0.15, 0.2) is 22.7 Å². The number of nitrogen functional groups attached to an aromatic ring is 1. The molecule has 21 heavy (non-hydrogen) atoms. The Morgan fingerprint density at radius 1 is 1.33 bits per heavy atom. The van der Waals surface area contributed by atoms with E-state index in [0.29, 0.717) is 5.95 Å². The quantitative estimate of drug-likeness (QED) is 0.789. The summed E-state index contributed by atoms with van der Waals surface area (Å²) >= 11 is 3.62.